The highest BCUT2D eigenvalue weighted by Crippen LogP contribution is 2.36. The Labute approximate surface area is 135 Å². The number of carbonyl (C=O) groups is 2. The van der Waals surface area contributed by atoms with E-state index in [0.29, 0.717) is 42.2 Å². The van der Waals surface area contributed by atoms with Crippen LogP contribution in [0.1, 0.15) is 20.7 Å². The number of pyridine rings is 1. The lowest BCUT2D eigenvalue weighted by atomic mass is 10.1. The molecule has 0 bridgehead atoms. The Balaban J connectivity index is 0.00000176. The fraction of sp³-hybridized carbons (Fsp3) is 0.308. The largest absolute Gasteiger partial charge is 0.478 e. The molecule has 0 radical (unpaired) electrons. The van der Waals surface area contributed by atoms with E-state index in [1.54, 1.807) is 0 Å². The summed E-state index contributed by atoms with van der Waals surface area (Å²) in [4.78, 5) is 28.6. The molecule has 3 heterocycles. The van der Waals surface area contributed by atoms with Crippen LogP contribution in [-0.4, -0.2) is 53.4 Å². The van der Waals surface area contributed by atoms with Crippen LogP contribution in [0.2, 0.25) is 0 Å². The van der Waals surface area contributed by atoms with E-state index in [1.165, 1.54) is 22.9 Å². The molecule has 1 saturated heterocycles. The number of carboxylic acids is 2. The van der Waals surface area contributed by atoms with Gasteiger partial charge in [0.15, 0.2) is 0 Å². The second-order valence-corrected chi connectivity index (χ2v) is 5.44. The minimum Gasteiger partial charge on any atom is -0.478 e. The van der Waals surface area contributed by atoms with Crippen LogP contribution < -0.4 is 4.90 Å². The first-order valence-electron chi connectivity index (χ1n) is 6.29. The number of hydrogen-bond acceptors (Lipinski definition) is 6. The summed E-state index contributed by atoms with van der Waals surface area (Å²) < 4.78 is 5.87. The van der Waals surface area contributed by atoms with Crippen LogP contribution in [0.5, 0.6) is 0 Å². The third kappa shape index (κ3) is 2.72. The smallest absolute Gasteiger partial charge is 0.339 e. The van der Waals surface area contributed by atoms with E-state index in [9.17, 15) is 14.7 Å². The fourth-order valence-electron chi connectivity index (χ4n) is 2.37. The molecule has 0 atom stereocenters. The number of aromatic nitrogens is 1. The van der Waals surface area contributed by atoms with Gasteiger partial charge >= 0.3 is 11.9 Å². The molecule has 3 rings (SSSR count). The van der Waals surface area contributed by atoms with E-state index in [-0.39, 0.29) is 23.5 Å². The highest BCUT2D eigenvalue weighted by atomic mass is 35.5. The standard InChI is InChI=1S/C13H12N2O5S.ClH/c16-12(17)7-5-14-9-8(13(18)19)6-21-11(9)10(7)15-1-3-20-4-2-15;/h5-6H,1-4H2,(H,16,17)(H,18,19);1H. The van der Waals surface area contributed by atoms with Gasteiger partial charge in [-0.15, -0.1) is 23.7 Å². The number of morpholine rings is 1. The Bertz CT molecular complexity index is 727. The summed E-state index contributed by atoms with van der Waals surface area (Å²) in [6.07, 6.45) is 1.23. The minimum atomic E-state index is -1.07. The SMILES string of the molecule is Cl.O=C(O)c1cnc2c(C(=O)O)csc2c1N1CCOCC1. The van der Waals surface area contributed by atoms with Crippen LogP contribution in [0, 0.1) is 0 Å². The van der Waals surface area contributed by atoms with Crippen molar-refractivity contribution in [1.82, 2.24) is 4.98 Å². The number of nitrogens with zero attached hydrogens (tertiary/aromatic N) is 2. The maximum atomic E-state index is 11.4. The van der Waals surface area contributed by atoms with Crippen molar-refractivity contribution >= 4 is 51.6 Å². The summed E-state index contributed by atoms with van der Waals surface area (Å²) in [6.45, 7) is 2.17. The number of fused-ring (bicyclic) bond motifs is 1. The van der Waals surface area contributed by atoms with Crippen molar-refractivity contribution in [2.75, 3.05) is 31.2 Å². The van der Waals surface area contributed by atoms with Gasteiger partial charge in [-0.05, 0) is 0 Å². The molecule has 0 aliphatic carbocycles. The maximum absolute atomic E-state index is 11.4. The highest BCUT2D eigenvalue weighted by molar-refractivity contribution is 7.18. The maximum Gasteiger partial charge on any atom is 0.339 e. The number of halogens is 1. The lowest BCUT2D eigenvalue weighted by Crippen LogP contribution is -2.37. The summed E-state index contributed by atoms with van der Waals surface area (Å²) >= 11 is 1.20. The molecule has 9 heteroatoms. The predicted molar refractivity (Wildman–Crippen MR) is 83.8 cm³/mol. The lowest BCUT2D eigenvalue weighted by Gasteiger charge is -2.30. The van der Waals surface area contributed by atoms with Crippen LogP contribution in [0.4, 0.5) is 5.69 Å². The molecular formula is C13H13ClN2O5S. The van der Waals surface area contributed by atoms with Crippen molar-refractivity contribution in [3.8, 4) is 0 Å². The van der Waals surface area contributed by atoms with Crippen molar-refractivity contribution < 1.29 is 24.5 Å². The first-order valence-corrected chi connectivity index (χ1v) is 7.17. The molecule has 2 N–H and O–H groups in total. The first kappa shape index (κ1) is 16.5. The average molecular weight is 345 g/mol. The van der Waals surface area contributed by atoms with Crippen molar-refractivity contribution in [2.45, 2.75) is 0 Å². The molecule has 0 spiro atoms. The monoisotopic (exact) mass is 344 g/mol. The summed E-state index contributed by atoms with van der Waals surface area (Å²) in [5.41, 5.74) is 1.05. The molecule has 2 aromatic rings. The second kappa shape index (κ2) is 6.47. The second-order valence-electron chi connectivity index (χ2n) is 4.56. The molecule has 0 aromatic carbocycles. The van der Waals surface area contributed by atoms with Gasteiger partial charge in [-0.2, -0.15) is 0 Å². The Morgan fingerprint density at radius 3 is 2.41 bits per heavy atom. The zero-order chi connectivity index (χ0) is 15.0. The number of ether oxygens (including phenoxy) is 1. The number of thiophene rings is 1. The quantitative estimate of drug-likeness (QED) is 0.877. The van der Waals surface area contributed by atoms with Gasteiger partial charge in [0.2, 0.25) is 0 Å². The lowest BCUT2D eigenvalue weighted by molar-refractivity contribution is 0.0688. The normalized spacial score (nSPS) is 14.6. The van der Waals surface area contributed by atoms with Gasteiger partial charge in [-0.25, -0.2) is 9.59 Å². The third-order valence-electron chi connectivity index (χ3n) is 3.35. The Morgan fingerprint density at radius 1 is 1.18 bits per heavy atom. The number of aromatic carboxylic acids is 2. The van der Waals surface area contributed by atoms with Gasteiger partial charge < -0.3 is 19.8 Å². The van der Waals surface area contributed by atoms with Crippen molar-refractivity contribution in [3.05, 3.63) is 22.7 Å². The van der Waals surface area contributed by atoms with Gasteiger partial charge in [0.1, 0.15) is 5.56 Å². The summed E-state index contributed by atoms with van der Waals surface area (Å²) in [7, 11) is 0. The van der Waals surface area contributed by atoms with E-state index >= 15 is 0 Å². The Kier molecular flexibility index (Phi) is 4.84. The Morgan fingerprint density at radius 2 is 1.82 bits per heavy atom. The summed E-state index contributed by atoms with van der Waals surface area (Å²) in [5, 5.41) is 20.0. The van der Waals surface area contributed by atoms with Gasteiger partial charge in [0.25, 0.3) is 0 Å². The third-order valence-corrected chi connectivity index (χ3v) is 4.32. The average Bonchev–Trinajstić information content (AvgIpc) is 2.91. The van der Waals surface area contributed by atoms with E-state index in [0.717, 1.165) is 0 Å². The van der Waals surface area contributed by atoms with Crippen LogP contribution in [0.25, 0.3) is 10.2 Å². The zero-order valence-electron chi connectivity index (χ0n) is 11.3. The highest BCUT2D eigenvalue weighted by Gasteiger charge is 2.25. The van der Waals surface area contributed by atoms with Gasteiger partial charge in [-0.3, -0.25) is 4.98 Å². The minimum absolute atomic E-state index is 0. The fourth-order valence-corrected chi connectivity index (χ4v) is 3.44. The molecule has 1 fully saturated rings. The van der Waals surface area contributed by atoms with Crippen LogP contribution >= 0.6 is 23.7 Å². The molecule has 7 nitrogen and oxygen atoms in total. The van der Waals surface area contributed by atoms with E-state index in [1.807, 2.05) is 4.90 Å². The number of rotatable bonds is 3. The van der Waals surface area contributed by atoms with Crippen LogP contribution in [-0.2, 0) is 4.74 Å². The molecule has 1 aliphatic heterocycles. The van der Waals surface area contributed by atoms with Crippen molar-refractivity contribution in [3.63, 3.8) is 0 Å². The van der Waals surface area contributed by atoms with Crippen molar-refractivity contribution in [2.24, 2.45) is 0 Å². The van der Waals surface area contributed by atoms with Gasteiger partial charge in [0, 0.05) is 24.7 Å². The van der Waals surface area contributed by atoms with Crippen molar-refractivity contribution in [1.29, 1.82) is 0 Å². The van der Waals surface area contributed by atoms with E-state index in [4.69, 9.17) is 9.84 Å². The van der Waals surface area contributed by atoms with Gasteiger partial charge in [-0.1, -0.05) is 0 Å². The molecular weight excluding hydrogens is 332 g/mol. The molecule has 2 aromatic heterocycles. The first-order chi connectivity index (χ1) is 10.1. The van der Waals surface area contributed by atoms with Crippen LogP contribution in [0.15, 0.2) is 11.6 Å². The topological polar surface area (TPSA) is 100.0 Å². The Hall–Kier alpha value is -1.90. The molecule has 0 saturated carbocycles. The number of anilines is 1. The number of carboxylic acid groups (broad SMARTS) is 2. The molecule has 118 valence electrons. The summed E-state index contributed by atoms with van der Waals surface area (Å²) in [6, 6.07) is 0. The van der Waals surface area contributed by atoms with E-state index < -0.39 is 11.9 Å². The van der Waals surface area contributed by atoms with Crippen LogP contribution in [0.3, 0.4) is 0 Å². The number of hydrogen-bond donors (Lipinski definition) is 2. The van der Waals surface area contributed by atoms with E-state index in [2.05, 4.69) is 4.98 Å². The molecule has 0 unspecified atom stereocenters. The summed E-state index contributed by atoms with van der Waals surface area (Å²) in [5.74, 6) is -2.14. The zero-order valence-corrected chi connectivity index (χ0v) is 12.9. The molecule has 0 amide bonds. The predicted octanol–water partition coefficient (Wildman–Crippen LogP) is 1.95. The molecule has 1 aliphatic rings. The van der Waals surface area contributed by atoms with Gasteiger partial charge in [0.05, 0.1) is 34.7 Å². The molecule has 22 heavy (non-hydrogen) atoms.